The smallest absolute Gasteiger partial charge is 0.255 e. The van der Waals surface area contributed by atoms with Gasteiger partial charge in [-0.3, -0.25) is 19.7 Å². The van der Waals surface area contributed by atoms with E-state index in [9.17, 15) is 14.4 Å². The quantitative estimate of drug-likeness (QED) is 0.382. The van der Waals surface area contributed by atoms with E-state index < -0.39 is 11.9 Å². The molecule has 4 heterocycles. The lowest BCUT2D eigenvalue weighted by Crippen LogP contribution is -2.52. The molecule has 1 aromatic heterocycles. The molecule has 3 N–H and O–H groups in total. The van der Waals surface area contributed by atoms with E-state index in [2.05, 4.69) is 26.3 Å². The molecular formula is C24H27N5O5. The first-order valence-corrected chi connectivity index (χ1v) is 11.5. The van der Waals surface area contributed by atoms with Crippen molar-refractivity contribution < 1.29 is 24.2 Å². The molecule has 3 amide bonds. The third-order valence-corrected chi connectivity index (χ3v) is 6.42. The zero-order valence-corrected chi connectivity index (χ0v) is 18.7. The third kappa shape index (κ3) is 4.34. The molecule has 0 saturated carbocycles. The average Bonchev–Trinajstić information content (AvgIpc) is 3.38. The molecule has 1 aromatic carbocycles. The van der Waals surface area contributed by atoms with Crippen LogP contribution in [0.2, 0.25) is 0 Å². The van der Waals surface area contributed by atoms with Gasteiger partial charge < -0.3 is 24.6 Å². The van der Waals surface area contributed by atoms with Crippen LogP contribution < -0.4 is 15.4 Å². The molecule has 0 spiro atoms. The van der Waals surface area contributed by atoms with Crippen molar-refractivity contribution in [2.75, 3.05) is 19.7 Å². The van der Waals surface area contributed by atoms with Crippen molar-refractivity contribution in [3.8, 4) is 5.75 Å². The van der Waals surface area contributed by atoms with Gasteiger partial charge in [-0.2, -0.15) is 0 Å². The number of aliphatic hydroxyl groups is 1. The number of nitrogens with zero attached hydrogens (tertiary/aromatic N) is 3. The monoisotopic (exact) mass is 465 g/mol. The maximum atomic E-state index is 13.0. The highest BCUT2D eigenvalue weighted by Crippen LogP contribution is 2.34. The summed E-state index contributed by atoms with van der Waals surface area (Å²) in [7, 11) is 0. The summed E-state index contributed by atoms with van der Waals surface area (Å²) in [5.41, 5.74) is 2.05. The molecular weight excluding hydrogens is 438 g/mol. The number of carbonyl (C=O) groups excluding carboxylic acids is 3. The molecule has 5 rings (SSSR count). The molecule has 0 bridgehead atoms. The van der Waals surface area contributed by atoms with E-state index in [0.29, 0.717) is 30.2 Å². The lowest BCUT2D eigenvalue weighted by Gasteiger charge is -2.29. The number of carbonyl (C=O) groups is 3. The van der Waals surface area contributed by atoms with Gasteiger partial charge in [0.05, 0.1) is 18.8 Å². The minimum absolute atomic E-state index is 0.119. The first-order chi connectivity index (χ1) is 16.5. The fourth-order valence-electron chi connectivity index (χ4n) is 4.71. The van der Waals surface area contributed by atoms with E-state index in [1.807, 2.05) is 18.3 Å². The van der Waals surface area contributed by atoms with Gasteiger partial charge in [-0.1, -0.05) is 12.1 Å². The lowest BCUT2D eigenvalue weighted by atomic mass is 10.0. The Balaban J connectivity index is 1.25. The van der Waals surface area contributed by atoms with Crippen LogP contribution in [0.25, 0.3) is 6.08 Å². The van der Waals surface area contributed by atoms with Gasteiger partial charge in [0.25, 0.3) is 5.91 Å². The van der Waals surface area contributed by atoms with E-state index in [1.54, 1.807) is 12.1 Å². The summed E-state index contributed by atoms with van der Waals surface area (Å²) < 4.78 is 8.16. The fraction of sp³-hybridized carbons (Fsp3) is 0.417. The van der Waals surface area contributed by atoms with E-state index in [0.717, 1.165) is 30.2 Å². The summed E-state index contributed by atoms with van der Waals surface area (Å²) in [6.45, 7) is 2.80. The molecule has 2 aromatic rings. The normalized spacial score (nSPS) is 21.4. The summed E-state index contributed by atoms with van der Waals surface area (Å²) >= 11 is 0. The Kier molecular flexibility index (Phi) is 6.16. The van der Waals surface area contributed by atoms with Gasteiger partial charge in [0.2, 0.25) is 11.8 Å². The molecule has 1 saturated heterocycles. The summed E-state index contributed by atoms with van der Waals surface area (Å²) in [5.74, 6) is 0.825. The van der Waals surface area contributed by atoms with Crippen molar-refractivity contribution in [3.05, 3.63) is 53.1 Å². The molecule has 3 aliphatic heterocycles. The molecule has 10 heteroatoms. The van der Waals surface area contributed by atoms with Crippen LogP contribution in [-0.2, 0) is 29.3 Å². The number of benzene rings is 1. The number of nitrogens with one attached hydrogen (secondary N) is 2. The lowest BCUT2D eigenvalue weighted by molar-refractivity contribution is -0.136. The molecule has 0 aliphatic carbocycles. The Labute approximate surface area is 196 Å². The van der Waals surface area contributed by atoms with Gasteiger partial charge in [0, 0.05) is 49.3 Å². The minimum Gasteiger partial charge on any atom is -0.487 e. The summed E-state index contributed by atoms with van der Waals surface area (Å²) in [4.78, 5) is 42.9. The van der Waals surface area contributed by atoms with Crippen LogP contribution in [0.5, 0.6) is 5.75 Å². The average molecular weight is 466 g/mol. The molecule has 34 heavy (non-hydrogen) atoms. The van der Waals surface area contributed by atoms with Crippen LogP contribution in [0.3, 0.4) is 0 Å². The predicted octanol–water partition coefficient (Wildman–Crippen LogP) is 0.448. The van der Waals surface area contributed by atoms with Crippen LogP contribution in [0, 0.1) is 5.92 Å². The van der Waals surface area contributed by atoms with Crippen molar-refractivity contribution in [3.63, 3.8) is 0 Å². The van der Waals surface area contributed by atoms with Crippen molar-refractivity contribution >= 4 is 23.8 Å². The number of rotatable bonds is 8. The third-order valence-electron chi connectivity index (χ3n) is 6.42. The van der Waals surface area contributed by atoms with Gasteiger partial charge in [0.15, 0.2) is 0 Å². The Morgan fingerprint density at radius 2 is 2.15 bits per heavy atom. The van der Waals surface area contributed by atoms with Gasteiger partial charge in [-0.25, -0.2) is 4.98 Å². The molecule has 1 fully saturated rings. The Bertz CT molecular complexity index is 1160. The fourth-order valence-corrected chi connectivity index (χ4v) is 4.71. The number of fused-ring (bicyclic) bond motifs is 2. The maximum Gasteiger partial charge on any atom is 0.255 e. The summed E-state index contributed by atoms with van der Waals surface area (Å²) in [6, 6.07) is 4.67. The number of imide groups is 1. The second-order valence-corrected chi connectivity index (χ2v) is 8.76. The van der Waals surface area contributed by atoms with E-state index in [4.69, 9.17) is 9.84 Å². The maximum absolute atomic E-state index is 13.0. The van der Waals surface area contributed by atoms with E-state index in [1.165, 1.54) is 4.90 Å². The zero-order chi connectivity index (χ0) is 23.7. The summed E-state index contributed by atoms with van der Waals surface area (Å²) in [6.07, 6.45) is 6.63. The highest BCUT2D eigenvalue weighted by molar-refractivity contribution is 6.05. The molecule has 10 nitrogen and oxygen atoms in total. The molecule has 178 valence electrons. The number of aromatic nitrogens is 2. The first-order valence-electron chi connectivity index (χ1n) is 11.5. The van der Waals surface area contributed by atoms with Crippen LogP contribution in [-0.4, -0.2) is 63.0 Å². The standard InChI is InChI=1S/C24H27N5O5/c30-9-8-25-10-15-4-6-21-26-16(12-28(21)11-15)14-34-20-3-1-2-17-18(20)13-29(24(17)33)19-5-7-22(31)27-23(19)32/h1-4,6,12,15,19,25,30H,5,7-11,13-14H2,(H,27,31,32). The minimum atomic E-state index is -0.656. The highest BCUT2D eigenvalue weighted by atomic mass is 16.5. The topological polar surface area (TPSA) is 126 Å². The molecule has 3 aliphatic rings. The van der Waals surface area contributed by atoms with Crippen LogP contribution >= 0.6 is 0 Å². The van der Waals surface area contributed by atoms with Crippen LogP contribution in [0.4, 0.5) is 0 Å². The Morgan fingerprint density at radius 1 is 1.26 bits per heavy atom. The van der Waals surface area contributed by atoms with E-state index in [-0.39, 0.29) is 38.0 Å². The number of piperidine rings is 1. The molecule has 2 unspecified atom stereocenters. The Hall–Kier alpha value is -3.50. The van der Waals surface area contributed by atoms with Gasteiger partial charge >= 0.3 is 0 Å². The SMILES string of the molecule is O=C1CCC(N2Cc3c(OCc4cn5c(n4)C=CC(CNCCO)C5)cccc3C2=O)C(=O)N1. The number of amides is 3. The first kappa shape index (κ1) is 22.3. The highest BCUT2D eigenvalue weighted by Gasteiger charge is 2.40. The van der Waals surface area contributed by atoms with Crippen LogP contribution in [0.1, 0.15) is 40.3 Å². The predicted molar refractivity (Wildman–Crippen MR) is 122 cm³/mol. The van der Waals surface area contributed by atoms with Crippen molar-refractivity contribution in [2.45, 2.75) is 38.6 Å². The van der Waals surface area contributed by atoms with Crippen molar-refractivity contribution in [1.29, 1.82) is 0 Å². The second-order valence-electron chi connectivity index (χ2n) is 8.76. The number of hydrogen-bond acceptors (Lipinski definition) is 7. The van der Waals surface area contributed by atoms with Gasteiger partial charge in [0.1, 0.15) is 24.2 Å². The van der Waals surface area contributed by atoms with Gasteiger partial charge in [-0.15, -0.1) is 0 Å². The largest absolute Gasteiger partial charge is 0.487 e. The van der Waals surface area contributed by atoms with Crippen molar-refractivity contribution in [2.24, 2.45) is 5.92 Å². The van der Waals surface area contributed by atoms with E-state index >= 15 is 0 Å². The van der Waals surface area contributed by atoms with Gasteiger partial charge in [-0.05, 0) is 24.6 Å². The Morgan fingerprint density at radius 3 is 2.97 bits per heavy atom. The molecule has 2 atom stereocenters. The molecule has 0 radical (unpaired) electrons. The zero-order valence-electron chi connectivity index (χ0n) is 18.7. The second kappa shape index (κ2) is 9.40. The number of imidazole rings is 1. The number of hydrogen-bond donors (Lipinski definition) is 3. The number of aliphatic hydroxyl groups excluding tert-OH is 1. The van der Waals surface area contributed by atoms with Crippen LogP contribution in [0.15, 0.2) is 30.5 Å². The number of ether oxygens (including phenoxy) is 1. The summed E-state index contributed by atoms with van der Waals surface area (Å²) in [5, 5.41) is 14.5. The van der Waals surface area contributed by atoms with Crippen molar-refractivity contribution in [1.82, 2.24) is 25.1 Å².